The number of hydrogen-bond donors (Lipinski definition) is 3. The molecule has 7 heteroatoms. The summed E-state index contributed by atoms with van der Waals surface area (Å²) in [5.74, 6) is 1.18. The Morgan fingerprint density at radius 2 is 2.09 bits per heavy atom. The van der Waals surface area contributed by atoms with Crippen molar-refractivity contribution in [2.45, 2.75) is 62.3 Å². The van der Waals surface area contributed by atoms with Crippen LogP contribution in [0.1, 0.15) is 44.9 Å². The van der Waals surface area contributed by atoms with Crippen LogP contribution in [0.5, 0.6) is 0 Å². The quantitative estimate of drug-likeness (QED) is 0.304. The van der Waals surface area contributed by atoms with Crippen LogP contribution in [0.2, 0.25) is 0 Å². The summed E-state index contributed by atoms with van der Waals surface area (Å²) in [5.41, 5.74) is 0. The zero-order valence-corrected chi connectivity index (χ0v) is 15.3. The first-order chi connectivity index (χ1) is 10.7. The van der Waals surface area contributed by atoms with E-state index in [1.54, 1.807) is 0 Å². The highest BCUT2D eigenvalue weighted by molar-refractivity contribution is 9.09. The van der Waals surface area contributed by atoms with Gasteiger partial charge >= 0.3 is 6.03 Å². The molecule has 0 aromatic carbocycles. The average molecular weight is 392 g/mol. The van der Waals surface area contributed by atoms with E-state index in [-0.39, 0.29) is 18.0 Å². The molecule has 0 aromatic heterocycles. The predicted octanol–water partition coefficient (Wildman–Crippen LogP) is 2.39. The van der Waals surface area contributed by atoms with Crippen LogP contribution < -0.4 is 16.0 Å². The van der Waals surface area contributed by atoms with Crippen LogP contribution in [0.15, 0.2) is 0 Å². The van der Waals surface area contributed by atoms with Gasteiger partial charge in [-0.15, -0.1) is 0 Å². The molecule has 0 saturated carbocycles. The Balaban J connectivity index is 1.49. The maximum Gasteiger partial charge on any atom is 0.315 e. The Morgan fingerprint density at radius 3 is 2.91 bits per heavy atom. The molecule has 0 spiro atoms. The SMILES string of the molecule is O=C(CCCC[C@H]1SC[C@H]2NC(=O)N[C@H]21)NCCCCCBr. The van der Waals surface area contributed by atoms with E-state index >= 15 is 0 Å². The smallest absolute Gasteiger partial charge is 0.315 e. The van der Waals surface area contributed by atoms with E-state index in [1.807, 2.05) is 11.8 Å². The highest BCUT2D eigenvalue weighted by Crippen LogP contribution is 2.33. The fraction of sp³-hybridized carbons (Fsp3) is 0.867. The first-order valence-electron chi connectivity index (χ1n) is 8.22. The molecule has 22 heavy (non-hydrogen) atoms. The molecule has 0 aromatic rings. The highest BCUT2D eigenvalue weighted by Gasteiger charge is 2.42. The maximum atomic E-state index is 11.7. The van der Waals surface area contributed by atoms with Gasteiger partial charge < -0.3 is 16.0 Å². The standard InChI is InChI=1S/C15H26BrN3O2S/c16-8-4-1-5-9-17-13(20)7-3-2-6-12-14-11(10-22-12)18-15(21)19-14/h11-12,14H,1-10H2,(H,17,20)(H2,18,19,21)/t11-,12-,14-/m1/s1. The van der Waals surface area contributed by atoms with E-state index in [0.29, 0.717) is 17.7 Å². The second-order valence-electron chi connectivity index (χ2n) is 5.97. The molecule has 0 unspecified atom stereocenters. The lowest BCUT2D eigenvalue weighted by atomic mass is 10.0. The van der Waals surface area contributed by atoms with Gasteiger partial charge in [-0.3, -0.25) is 4.79 Å². The van der Waals surface area contributed by atoms with Crippen molar-refractivity contribution in [1.82, 2.24) is 16.0 Å². The summed E-state index contributed by atoms with van der Waals surface area (Å²) < 4.78 is 0. The average Bonchev–Trinajstić information content (AvgIpc) is 3.03. The summed E-state index contributed by atoms with van der Waals surface area (Å²) in [6, 6.07) is 0.547. The number of thioether (sulfide) groups is 1. The first kappa shape index (κ1) is 17.9. The lowest BCUT2D eigenvalue weighted by Gasteiger charge is -2.16. The summed E-state index contributed by atoms with van der Waals surface area (Å²) in [5, 5.41) is 10.5. The highest BCUT2D eigenvalue weighted by atomic mass is 79.9. The molecule has 2 rings (SSSR count). The normalized spacial score (nSPS) is 26.4. The van der Waals surface area contributed by atoms with Crippen LogP contribution in [0, 0.1) is 0 Å². The van der Waals surface area contributed by atoms with Crippen molar-refractivity contribution in [3.63, 3.8) is 0 Å². The molecule has 5 nitrogen and oxygen atoms in total. The number of carbonyl (C=O) groups is 2. The van der Waals surface area contributed by atoms with Crippen molar-refractivity contribution in [2.75, 3.05) is 17.6 Å². The Bertz CT molecular complexity index is 384. The summed E-state index contributed by atoms with van der Waals surface area (Å²) in [7, 11) is 0. The van der Waals surface area contributed by atoms with Crippen molar-refractivity contribution in [1.29, 1.82) is 0 Å². The van der Waals surface area contributed by atoms with E-state index in [9.17, 15) is 9.59 Å². The van der Waals surface area contributed by atoms with Crippen LogP contribution >= 0.6 is 27.7 Å². The molecule has 2 saturated heterocycles. The van der Waals surface area contributed by atoms with E-state index in [0.717, 1.165) is 49.7 Å². The Labute approximate surface area is 145 Å². The third-order valence-corrected chi connectivity index (χ3v) is 6.28. The van der Waals surface area contributed by atoms with Crippen LogP contribution in [0.25, 0.3) is 0 Å². The predicted molar refractivity (Wildman–Crippen MR) is 94.6 cm³/mol. The fourth-order valence-electron chi connectivity index (χ4n) is 2.99. The van der Waals surface area contributed by atoms with Gasteiger partial charge in [0.25, 0.3) is 0 Å². The number of nitrogens with one attached hydrogen (secondary N) is 3. The number of hydrogen-bond acceptors (Lipinski definition) is 3. The molecule has 3 amide bonds. The Morgan fingerprint density at radius 1 is 1.23 bits per heavy atom. The van der Waals surface area contributed by atoms with Gasteiger partial charge in [-0.2, -0.15) is 11.8 Å². The molecule has 0 radical (unpaired) electrons. The molecular weight excluding hydrogens is 366 g/mol. The topological polar surface area (TPSA) is 70.2 Å². The van der Waals surface area contributed by atoms with Crippen molar-refractivity contribution in [3.05, 3.63) is 0 Å². The number of rotatable bonds is 10. The molecule has 126 valence electrons. The summed E-state index contributed by atoms with van der Waals surface area (Å²) in [6.07, 6.45) is 7.07. The molecule has 2 aliphatic rings. The number of carbonyl (C=O) groups excluding carboxylic acids is 2. The lowest BCUT2D eigenvalue weighted by Crippen LogP contribution is -2.36. The van der Waals surface area contributed by atoms with Gasteiger partial charge in [-0.25, -0.2) is 4.79 Å². The zero-order valence-electron chi connectivity index (χ0n) is 12.9. The number of fused-ring (bicyclic) bond motifs is 1. The minimum Gasteiger partial charge on any atom is -0.356 e. The van der Waals surface area contributed by atoms with E-state index in [4.69, 9.17) is 0 Å². The number of alkyl halides is 1. The van der Waals surface area contributed by atoms with Crippen molar-refractivity contribution >= 4 is 39.6 Å². The first-order valence-corrected chi connectivity index (χ1v) is 10.4. The van der Waals surface area contributed by atoms with Gasteiger partial charge in [0.05, 0.1) is 12.1 Å². The third-order valence-electron chi connectivity index (χ3n) is 4.21. The molecule has 3 atom stereocenters. The van der Waals surface area contributed by atoms with Gasteiger partial charge in [-0.1, -0.05) is 28.8 Å². The number of unbranched alkanes of at least 4 members (excludes halogenated alkanes) is 3. The van der Waals surface area contributed by atoms with E-state index in [1.165, 1.54) is 6.42 Å². The van der Waals surface area contributed by atoms with Crippen LogP contribution in [0.3, 0.4) is 0 Å². The van der Waals surface area contributed by atoms with Crippen molar-refractivity contribution in [3.8, 4) is 0 Å². The fourth-order valence-corrected chi connectivity index (χ4v) is 4.93. The van der Waals surface area contributed by atoms with Gasteiger partial charge in [-0.05, 0) is 25.7 Å². The van der Waals surface area contributed by atoms with Crippen molar-refractivity contribution < 1.29 is 9.59 Å². The molecule has 3 N–H and O–H groups in total. The molecular formula is C15H26BrN3O2S. The summed E-state index contributed by atoms with van der Waals surface area (Å²) in [4.78, 5) is 23.0. The number of urea groups is 1. The lowest BCUT2D eigenvalue weighted by molar-refractivity contribution is -0.121. The Hall–Kier alpha value is -0.430. The van der Waals surface area contributed by atoms with Gasteiger partial charge in [0.1, 0.15) is 0 Å². The van der Waals surface area contributed by atoms with E-state index < -0.39 is 0 Å². The summed E-state index contributed by atoms with van der Waals surface area (Å²) in [6.45, 7) is 0.797. The van der Waals surface area contributed by atoms with E-state index in [2.05, 4.69) is 31.9 Å². The second-order valence-corrected chi connectivity index (χ2v) is 8.03. The van der Waals surface area contributed by atoms with Crippen molar-refractivity contribution in [2.24, 2.45) is 0 Å². The second kappa shape index (κ2) is 9.65. The van der Waals surface area contributed by atoms with Crippen LogP contribution in [0.4, 0.5) is 4.79 Å². The number of halogens is 1. The van der Waals surface area contributed by atoms with Gasteiger partial charge in [0.2, 0.25) is 5.91 Å². The number of amides is 3. The molecule has 2 heterocycles. The maximum absolute atomic E-state index is 11.7. The van der Waals surface area contributed by atoms with Gasteiger partial charge in [0, 0.05) is 29.3 Å². The zero-order chi connectivity index (χ0) is 15.8. The molecule has 0 bridgehead atoms. The molecule has 0 aliphatic carbocycles. The third kappa shape index (κ3) is 5.65. The minimum atomic E-state index is -0.0282. The van der Waals surface area contributed by atoms with Gasteiger partial charge in [0.15, 0.2) is 0 Å². The van der Waals surface area contributed by atoms with Crippen LogP contribution in [-0.2, 0) is 4.79 Å². The molecule has 2 fully saturated rings. The monoisotopic (exact) mass is 391 g/mol. The van der Waals surface area contributed by atoms with Crippen LogP contribution in [-0.4, -0.2) is 46.9 Å². The largest absolute Gasteiger partial charge is 0.356 e. The Kier molecular flexibility index (Phi) is 7.86. The molecule has 2 aliphatic heterocycles. The summed E-state index contributed by atoms with van der Waals surface area (Å²) >= 11 is 5.34. The minimum absolute atomic E-state index is 0.0282.